The van der Waals surface area contributed by atoms with E-state index in [4.69, 9.17) is 16.6 Å². The van der Waals surface area contributed by atoms with Gasteiger partial charge in [0.25, 0.3) is 0 Å². The molecule has 1 aromatic carbocycles. The summed E-state index contributed by atoms with van der Waals surface area (Å²) < 4.78 is 0. The fourth-order valence-corrected chi connectivity index (χ4v) is 5.89. The third-order valence-electron chi connectivity index (χ3n) is 6.60. The Morgan fingerprint density at radius 2 is 1.73 bits per heavy atom. The van der Waals surface area contributed by atoms with Gasteiger partial charge in [-0.05, 0) is 30.5 Å². The van der Waals surface area contributed by atoms with Gasteiger partial charge in [-0.2, -0.15) is 0 Å². The van der Waals surface area contributed by atoms with Gasteiger partial charge in [0, 0.05) is 42.0 Å². The van der Waals surface area contributed by atoms with Crippen LogP contribution in [0.1, 0.15) is 62.7 Å². The molecule has 4 rings (SSSR count). The quantitative estimate of drug-likeness (QED) is 0.644. The van der Waals surface area contributed by atoms with E-state index in [-0.39, 0.29) is 10.8 Å². The molecular weight excluding hydrogens is 414 g/mol. The van der Waals surface area contributed by atoms with Crippen molar-refractivity contribution in [2.24, 2.45) is 0 Å². The van der Waals surface area contributed by atoms with Gasteiger partial charge in [0.1, 0.15) is 5.01 Å². The first-order valence-electron chi connectivity index (χ1n) is 11.0. The summed E-state index contributed by atoms with van der Waals surface area (Å²) in [6, 6.07) is 7.94. The topological polar surface area (TPSA) is 36.4 Å². The van der Waals surface area contributed by atoms with Crippen LogP contribution in [0.15, 0.2) is 29.6 Å². The number of benzene rings is 1. The second kappa shape index (κ2) is 8.60. The van der Waals surface area contributed by atoms with Crippen LogP contribution in [0.3, 0.4) is 0 Å². The molecule has 30 heavy (non-hydrogen) atoms. The van der Waals surface area contributed by atoms with E-state index >= 15 is 0 Å². The zero-order valence-corrected chi connectivity index (χ0v) is 19.9. The van der Waals surface area contributed by atoms with E-state index in [1.807, 2.05) is 12.1 Å². The van der Waals surface area contributed by atoms with Crippen molar-refractivity contribution in [1.82, 2.24) is 14.8 Å². The molecule has 0 bridgehead atoms. The predicted octanol–water partition coefficient (Wildman–Crippen LogP) is 5.25. The number of aromatic nitrogens is 1. The van der Waals surface area contributed by atoms with Crippen LogP contribution < -0.4 is 0 Å². The van der Waals surface area contributed by atoms with Crippen LogP contribution in [0, 0.1) is 0 Å². The summed E-state index contributed by atoms with van der Waals surface area (Å²) in [6.07, 6.45) is 4.13. The monoisotopic (exact) mass is 445 g/mol. The van der Waals surface area contributed by atoms with E-state index in [0.29, 0.717) is 5.91 Å². The van der Waals surface area contributed by atoms with Crippen LogP contribution in [0.4, 0.5) is 0 Å². The predicted molar refractivity (Wildman–Crippen MR) is 124 cm³/mol. The van der Waals surface area contributed by atoms with Crippen molar-refractivity contribution in [3.63, 3.8) is 0 Å². The summed E-state index contributed by atoms with van der Waals surface area (Å²) in [5.74, 6) is 0.311. The largest absolute Gasteiger partial charge is 0.339 e. The lowest BCUT2D eigenvalue weighted by molar-refractivity contribution is -0.139. The molecule has 0 N–H and O–H groups in total. The minimum absolute atomic E-state index is 0.0944. The van der Waals surface area contributed by atoms with Crippen LogP contribution in [-0.4, -0.2) is 46.9 Å². The van der Waals surface area contributed by atoms with E-state index in [9.17, 15) is 4.79 Å². The number of thiazole rings is 1. The maximum absolute atomic E-state index is 13.7. The second-order valence-corrected chi connectivity index (χ2v) is 11.1. The molecule has 4 nitrogen and oxygen atoms in total. The normalized spacial score (nSPS) is 19.9. The molecule has 1 aromatic heterocycles. The van der Waals surface area contributed by atoms with Crippen molar-refractivity contribution in [1.29, 1.82) is 0 Å². The smallest absolute Gasteiger partial charge is 0.233 e. The molecule has 2 fully saturated rings. The maximum Gasteiger partial charge on any atom is 0.233 e. The molecule has 0 atom stereocenters. The Labute approximate surface area is 189 Å². The number of carbonyl (C=O) groups is 1. The van der Waals surface area contributed by atoms with Gasteiger partial charge < -0.3 is 4.90 Å². The molecular formula is C24H32ClN3OS. The molecule has 1 aliphatic heterocycles. The van der Waals surface area contributed by atoms with Crippen molar-refractivity contribution in [3.8, 4) is 0 Å². The molecule has 0 unspecified atom stereocenters. The molecule has 2 aromatic rings. The van der Waals surface area contributed by atoms with Gasteiger partial charge in [0.05, 0.1) is 17.7 Å². The number of hydrogen-bond donors (Lipinski definition) is 0. The SMILES string of the molecule is CC(C)(C)c1csc(CN2CCN(C(=O)C3(c4ccc(Cl)cc4)CCCC3)CC2)n1. The Hall–Kier alpha value is -1.43. The molecule has 1 amide bonds. The van der Waals surface area contributed by atoms with Gasteiger partial charge in [0.2, 0.25) is 5.91 Å². The van der Waals surface area contributed by atoms with Crippen molar-refractivity contribution < 1.29 is 4.79 Å². The van der Waals surface area contributed by atoms with E-state index in [2.05, 4.69) is 48.1 Å². The highest BCUT2D eigenvalue weighted by molar-refractivity contribution is 7.09. The summed E-state index contributed by atoms with van der Waals surface area (Å²) in [6.45, 7) is 10.9. The van der Waals surface area contributed by atoms with Gasteiger partial charge in [-0.3, -0.25) is 9.69 Å². The molecule has 2 aliphatic rings. The molecule has 6 heteroatoms. The third-order valence-corrected chi connectivity index (χ3v) is 7.69. The summed E-state index contributed by atoms with van der Waals surface area (Å²) in [4.78, 5) is 23.0. The van der Waals surface area contributed by atoms with Crippen LogP contribution in [0.2, 0.25) is 5.02 Å². The van der Waals surface area contributed by atoms with Crippen molar-refractivity contribution in [2.75, 3.05) is 26.2 Å². The van der Waals surface area contributed by atoms with Gasteiger partial charge in [0.15, 0.2) is 0 Å². The van der Waals surface area contributed by atoms with Gasteiger partial charge in [-0.15, -0.1) is 11.3 Å². The number of amides is 1. The first-order valence-corrected chi connectivity index (χ1v) is 12.3. The number of hydrogen-bond acceptors (Lipinski definition) is 4. The standard InChI is InChI=1S/C24H32ClN3OS/c1-23(2,3)20-17-30-21(26-20)16-27-12-14-28(15-13-27)22(29)24(10-4-5-11-24)18-6-8-19(25)9-7-18/h6-9,17H,4-5,10-16H2,1-3H3. The highest BCUT2D eigenvalue weighted by Crippen LogP contribution is 2.43. The Bertz CT molecular complexity index is 873. The number of piperazine rings is 1. The van der Waals surface area contributed by atoms with E-state index in [1.54, 1.807) is 11.3 Å². The summed E-state index contributed by atoms with van der Waals surface area (Å²) in [7, 11) is 0. The first kappa shape index (κ1) is 21.8. The lowest BCUT2D eigenvalue weighted by atomic mass is 9.77. The molecule has 1 aliphatic carbocycles. The van der Waals surface area contributed by atoms with Crippen LogP contribution in [0.5, 0.6) is 0 Å². The zero-order chi connectivity index (χ0) is 21.4. The molecule has 1 saturated heterocycles. The highest BCUT2D eigenvalue weighted by Gasteiger charge is 2.45. The summed E-state index contributed by atoms with van der Waals surface area (Å²) in [5.41, 5.74) is 2.04. The van der Waals surface area contributed by atoms with Crippen molar-refractivity contribution in [2.45, 2.75) is 63.8 Å². The highest BCUT2D eigenvalue weighted by atomic mass is 35.5. The molecule has 1 saturated carbocycles. The number of carbonyl (C=O) groups excluding carboxylic acids is 1. The van der Waals surface area contributed by atoms with E-state index in [1.165, 1.54) is 10.7 Å². The second-order valence-electron chi connectivity index (χ2n) is 9.74. The minimum Gasteiger partial charge on any atom is -0.339 e. The molecule has 0 radical (unpaired) electrons. The Kier molecular flexibility index (Phi) is 6.25. The lowest BCUT2D eigenvalue weighted by Crippen LogP contribution is -2.53. The lowest BCUT2D eigenvalue weighted by Gasteiger charge is -2.40. The maximum atomic E-state index is 13.7. The summed E-state index contributed by atoms with van der Waals surface area (Å²) in [5, 5.41) is 4.09. The number of nitrogens with zero attached hydrogens (tertiary/aromatic N) is 3. The van der Waals surface area contributed by atoms with Crippen LogP contribution >= 0.6 is 22.9 Å². The van der Waals surface area contributed by atoms with Crippen molar-refractivity contribution >= 4 is 28.8 Å². The average Bonchev–Trinajstić information content (AvgIpc) is 3.39. The van der Waals surface area contributed by atoms with E-state index < -0.39 is 0 Å². The molecule has 2 heterocycles. The Morgan fingerprint density at radius 1 is 1.10 bits per heavy atom. The van der Waals surface area contributed by atoms with Gasteiger partial charge >= 0.3 is 0 Å². The molecule has 162 valence electrons. The van der Waals surface area contributed by atoms with Crippen LogP contribution in [-0.2, 0) is 22.2 Å². The van der Waals surface area contributed by atoms with E-state index in [0.717, 1.165) is 69.0 Å². The minimum atomic E-state index is -0.357. The first-order chi connectivity index (χ1) is 14.3. The fraction of sp³-hybridized carbons (Fsp3) is 0.583. The van der Waals surface area contributed by atoms with Crippen LogP contribution in [0.25, 0.3) is 0 Å². The van der Waals surface area contributed by atoms with Gasteiger partial charge in [-0.25, -0.2) is 4.98 Å². The molecule has 0 spiro atoms. The number of halogens is 1. The fourth-order valence-electron chi connectivity index (χ4n) is 4.70. The number of rotatable bonds is 4. The Balaban J connectivity index is 1.40. The summed E-state index contributed by atoms with van der Waals surface area (Å²) >= 11 is 7.85. The average molecular weight is 446 g/mol. The third kappa shape index (κ3) is 4.44. The van der Waals surface area contributed by atoms with Crippen molar-refractivity contribution in [3.05, 3.63) is 50.9 Å². The van der Waals surface area contributed by atoms with Gasteiger partial charge in [-0.1, -0.05) is 57.3 Å². The zero-order valence-electron chi connectivity index (χ0n) is 18.3. The Morgan fingerprint density at radius 3 is 2.30 bits per heavy atom.